The summed E-state index contributed by atoms with van der Waals surface area (Å²) in [6.07, 6.45) is 1.07. The van der Waals surface area contributed by atoms with E-state index in [2.05, 4.69) is 64.7 Å². The Morgan fingerprint density at radius 2 is 2.12 bits per heavy atom. The highest BCUT2D eigenvalue weighted by Crippen LogP contribution is 2.26. The number of rotatable bonds is 4. The van der Waals surface area contributed by atoms with Crippen LogP contribution >= 0.6 is 27.3 Å². The molecule has 90 valence electrons. The molecule has 0 fully saturated rings. The van der Waals surface area contributed by atoms with Crippen LogP contribution in [0.5, 0.6) is 0 Å². The lowest BCUT2D eigenvalue weighted by atomic mass is 10.1. The third kappa shape index (κ3) is 2.90. The van der Waals surface area contributed by atoms with Crippen molar-refractivity contribution in [2.75, 3.05) is 5.32 Å². The Bertz CT molecular complexity index is 505. The van der Waals surface area contributed by atoms with E-state index in [4.69, 9.17) is 0 Å². The summed E-state index contributed by atoms with van der Waals surface area (Å²) < 4.78 is 1.20. The van der Waals surface area contributed by atoms with Gasteiger partial charge in [0.25, 0.3) is 0 Å². The van der Waals surface area contributed by atoms with E-state index < -0.39 is 0 Å². The zero-order valence-electron chi connectivity index (χ0n) is 10.1. The van der Waals surface area contributed by atoms with Gasteiger partial charge in [0.2, 0.25) is 0 Å². The third-order valence-corrected chi connectivity index (χ3v) is 4.78. The lowest BCUT2D eigenvalue weighted by Crippen LogP contribution is -2.03. The smallest absolute Gasteiger partial charge is 0.0505 e. The molecule has 17 heavy (non-hydrogen) atoms. The Kier molecular flexibility index (Phi) is 4.24. The Morgan fingerprint density at radius 1 is 1.29 bits per heavy atom. The third-order valence-electron chi connectivity index (χ3n) is 2.86. The van der Waals surface area contributed by atoms with Crippen LogP contribution in [-0.4, -0.2) is 0 Å². The predicted molar refractivity (Wildman–Crippen MR) is 79.9 cm³/mol. The van der Waals surface area contributed by atoms with Crippen molar-refractivity contribution in [2.24, 2.45) is 0 Å². The van der Waals surface area contributed by atoms with Crippen molar-refractivity contribution in [1.29, 1.82) is 0 Å². The number of benzene rings is 1. The molecule has 1 nitrogen and oxygen atoms in total. The van der Waals surface area contributed by atoms with E-state index in [0.29, 0.717) is 0 Å². The molecule has 2 rings (SSSR count). The number of halogens is 1. The summed E-state index contributed by atoms with van der Waals surface area (Å²) in [5.41, 5.74) is 3.99. The van der Waals surface area contributed by atoms with Gasteiger partial charge in [-0.05, 0) is 51.8 Å². The molecular weight excluding hydrogens is 294 g/mol. The van der Waals surface area contributed by atoms with Crippen LogP contribution in [0, 0.1) is 6.92 Å². The van der Waals surface area contributed by atoms with E-state index in [1.165, 1.54) is 26.2 Å². The molecule has 0 spiro atoms. The first-order chi connectivity index (χ1) is 8.22. The van der Waals surface area contributed by atoms with Crippen LogP contribution in [-0.2, 0) is 13.0 Å². The molecule has 1 aromatic heterocycles. The van der Waals surface area contributed by atoms with Gasteiger partial charge in [0.15, 0.2) is 0 Å². The maximum Gasteiger partial charge on any atom is 0.0505 e. The first-order valence-electron chi connectivity index (χ1n) is 5.76. The fourth-order valence-corrected chi connectivity index (χ4v) is 3.33. The lowest BCUT2D eigenvalue weighted by Gasteiger charge is -2.13. The van der Waals surface area contributed by atoms with Gasteiger partial charge in [-0.1, -0.05) is 25.1 Å². The lowest BCUT2D eigenvalue weighted by molar-refractivity contribution is 1.09. The topological polar surface area (TPSA) is 12.0 Å². The number of hydrogen-bond donors (Lipinski definition) is 1. The van der Waals surface area contributed by atoms with E-state index in [9.17, 15) is 0 Å². The van der Waals surface area contributed by atoms with Crippen LogP contribution in [0.1, 0.15) is 22.9 Å². The number of thiophene rings is 1. The fraction of sp³-hybridized carbons (Fsp3) is 0.286. The van der Waals surface area contributed by atoms with Gasteiger partial charge in [-0.25, -0.2) is 0 Å². The summed E-state index contributed by atoms with van der Waals surface area (Å²) in [5, 5.41) is 5.67. The Morgan fingerprint density at radius 3 is 2.76 bits per heavy atom. The quantitative estimate of drug-likeness (QED) is 0.838. The summed E-state index contributed by atoms with van der Waals surface area (Å²) >= 11 is 5.34. The summed E-state index contributed by atoms with van der Waals surface area (Å²) in [6.45, 7) is 5.24. The fourth-order valence-electron chi connectivity index (χ4n) is 1.90. The molecule has 0 aliphatic carbocycles. The van der Waals surface area contributed by atoms with Crippen molar-refractivity contribution in [1.82, 2.24) is 0 Å². The van der Waals surface area contributed by atoms with Crippen LogP contribution in [0.25, 0.3) is 0 Å². The molecule has 0 radical (unpaired) electrons. The van der Waals surface area contributed by atoms with E-state index in [1.54, 1.807) is 11.3 Å². The van der Waals surface area contributed by atoms with Crippen molar-refractivity contribution >= 4 is 33.0 Å². The molecule has 0 amide bonds. The summed E-state index contributed by atoms with van der Waals surface area (Å²) in [6, 6.07) is 8.57. The van der Waals surface area contributed by atoms with Gasteiger partial charge in [-0.15, -0.1) is 11.3 Å². The second-order valence-corrected chi connectivity index (χ2v) is 5.86. The second-order valence-electron chi connectivity index (χ2n) is 4.01. The van der Waals surface area contributed by atoms with Gasteiger partial charge in [0, 0.05) is 15.0 Å². The number of nitrogens with one attached hydrogen (secondary N) is 1. The highest BCUT2D eigenvalue weighted by Gasteiger charge is 2.05. The minimum absolute atomic E-state index is 0.885. The van der Waals surface area contributed by atoms with Crippen molar-refractivity contribution in [2.45, 2.75) is 26.8 Å². The average Bonchev–Trinajstić information content (AvgIpc) is 2.73. The molecule has 3 heteroatoms. The average molecular weight is 310 g/mol. The maximum atomic E-state index is 3.56. The highest BCUT2D eigenvalue weighted by molar-refractivity contribution is 9.10. The summed E-state index contributed by atoms with van der Waals surface area (Å²) in [7, 11) is 0. The normalized spacial score (nSPS) is 10.5. The number of hydrogen-bond acceptors (Lipinski definition) is 2. The van der Waals surface area contributed by atoms with Crippen LogP contribution in [0.15, 0.2) is 34.1 Å². The highest BCUT2D eigenvalue weighted by atomic mass is 79.9. The molecule has 1 heterocycles. The van der Waals surface area contributed by atoms with E-state index in [1.807, 2.05) is 0 Å². The Labute approximate surface area is 115 Å². The zero-order valence-corrected chi connectivity index (χ0v) is 12.5. The predicted octanol–water partition coefficient (Wildman–Crippen LogP) is 4.99. The van der Waals surface area contributed by atoms with E-state index in [-0.39, 0.29) is 0 Å². The van der Waals surface area contributed by atoms with Crippen molar-refractivity contribution in [3.63, 3.8) is 0 Å². The molecule has 2 aromatic rings. The summed E-state index contributed by atoms with van der Waals surface area (Å²) in [5.74, 6) is 0. The first-order valence-corrected chi connectivity index (χ1v) is 7.44. The van der Waals surface area contributed by atoms with Crippen molar-refractivity contribution < 1.29 is 0 Å². The van der Waals surface area contributed by atoms with Crippen LogP contribution in [0.2, 0.25) is 0 Å². The standard InChI is InChI=1S/C14H16BrNS/c1-3-11-6-4-5-10(2)14(11)16-9-13-12(15)7-8-17-13/h4-8,16H,3,9H2,1-2H3. The van der Waals surface area contributed by atoms with Gasteiger partial charge >= 0.3 is 0 Å². The first kappa shape index (κ1) is 12.7. The molecular formula is C14H16BrNS. The summed E-state index contributed by atoms with van der Waals surface area (Å²) in [4.78, 5) is 1.34. The minimum Gasteiger partial charge on any atom is -0.380 e. The van der Waals surface area contributed by atoms with Gasteiger partial charge in [0.05, 0.1) is 6.54 Å². The van der Waals surface area contributed by atoms with Gasteiger partial charge in [0.1, 0.15) is 0 Å². The van der Waals surface area contributed by atoms with Crippen molar-refractivity contribution in [3.05, 3.63) is 50.1 Å². The van der Waals surface area contributed by atoms with Crippen LogP contribution < -0.4 is 5.32 Å². The number of aryl methyl sites for hydroxylation is 2. The van der Waals surface area contributed by atoms with E-state index in [0.717, 1.165) is 13.0 Å². The zero-order chi connectivity index (χ0) is 12.3. The number of anilines is 1. The van der Waals surface area contributed by atoms with Gasteiger partial charge in [-0.3, -0.25) is 0 Å². The largest absolute Gasteiger partial charge is 0.380 e. The molecule has 0 atom stereocenters. The Hall–Kier alpha value is -0.800. The van der Waals surface area contributed by atoms with Crippen molar-refractivity contribution in [3.8, 4) is 0 Å². The van der Waals surface area contributed by atoms with Gasteiger partial charge in [-0.2, -0.15) is 0 Å². The van der Waals surface area contributed by atoms with Crippen LogP contribution in [0.4, 0.5) is 5.69 Å². The molecule has 1 aromatic carbocycles. The maximum absolute atomic E-state index is 3.56. The molecule has 0 aliphatic heterocycles. The molecule has 0 aliphatic rings. The Balaban J connectivity index is 2.16. The minimum atomic E-state index is 0.885. The van der Waals surface area contributed by atoms with Crippen LogP contribution in [0.3, 0.4) is 0 Å². The molecule has 0 saturated carbocycles. The monoisotopic (exact) mass is 309 g/mol. The second kappa shape index (κ2) is 5.69. The molecule has 0 unspecified atom stereocenters. The van der Waals surface area contributed by atoms with Gasteiger partial charge < -0.3 is 5.32 Å². The molecule has 1 N–H and O–H groups in total. The van der Waals surface area contributed by atoms with E-state index >= 15 is 0 Å². The number of para-hydroxylation sites is 1. The SMILES string of the molecule is CCc1cccc(C)c1NCc1sccc1Br. The molecule has 0 saturated heterocycles. The molecule has 0 bridgehead atoms.